The molecule has 0 aliphatic rings. The zero-order valence-corrected chi connectivity index (χ0v) is 13.2. The number of rotatable bonds is 7. The van der Waals surface area contributed by atoms with Gasteiger partial charge in [-0.05, 0) is 33.3 Å². The van der Waals surface area contributed by atoms with Gasteiger partial charge in [-0.25, -0.2) is 4.79 Å². The van der Waals surface area contributed by atoms with E-state index in [0.29, 0.717) is 0 Å². The van der Waals surface area contributed by atoms with Crippen molar-refractivity contribution in [2.75, 3.05) is 13.2 Å². The maximum Gasteiger partial charge on any atom is 0.407 e. The zero-order chi connectivity index (χ0) is 15.9. The topological polar surface area (TPSA) is 67.8 Å². The molecule has 1 aromatic rings. The molecular weight excluding hydrogens is 270 g/mol. The molecule has 0 radical (unpaired) electrons. The Kier molecular flexibility index (Phi) is 6.18. The molecule has 118 valence electrons. The lowest BCUT2D eigenvalue weighted by Crippen LogP contribution is -2.48. The molecule has 0 bridgehead atoms. The van der Waals surface area contributed by atoms with Crippen LogP contribution in [0.4, 0.5) is 4.79 Å². The zero-order valence-electron chi connectivity index (χ0n) is 13.2. The Balaban J connectivity index is 2.31. The average Bonchev–Trinajstić information content (AvgIpc) is 2.35. The minimum Gasteiger partial charge on any atom is -0.445 e. The van der Waals surface area contributed by atoms with Gasteiger partial charge in [-0.2, -0.15) is 0 Å². The highest BCUT2D eigenvalue weighted by atomic mass is 16.5. The van der Waals surface area contributed by atoms with Crippen LogP contribution in [0.3, 0.4) is 0 Å². The van der Waals surface area contributed by atoms with E-state index in [-0.39, 0.29) is 19.8 Å². The Morgan fingerprint density at radius 1 is 1.14 bits per heavy atom. The summed E-state index contributed by atoms with van der Waals surface area (Å²) in [5.41, 5.74) is -0.521. The van der Waals surface area contributed by atoms with Crippen LogP contribution in [0, 0.1) is 0 Å². The Bertz CT molecular complexity index is 437. The molecule has 0 aliphatic heterocycles. The van der Waals surface area contributed by atoms with Crippen molar-refractivity contribution in [3.8, 4) is 0 Å². The van der Waals surface area contributed by atoms with Crippen molar-refractivity contribution in [1.82, 2.24) is 5.32 Å². The highest BCUT2D eigenvalue weighted by Crippen LogP contribution is 2.08. The van der Waals surface area contributed by atoms with E-state index in [4.69, 9.17) is 9.47 Å². The van der Waals surface area contributed by atoms with Gasteiger partial charge in [0, 0.05) is 0 Å². The van der Waals surface area contributed by atoms with Gasteiger partial charge in [-0.1, -0.05) is 30.3 Å². The molecule has 0 aromatic heterocycles. The Hall–Kier alpha value is -1.59. The fourth-order valence-corrected chi connectivity index (χ4v) is 1.63. The summed E-state index contributed by atoms with van der Waals surface area (Å²) in [5.74, 6) is 0. The van der Waals surface area contributed by atoms with Crippen LogP contribution in [0.15, 0.2) is 30.3 Å². The van der Waals surface area contributed by atoms with Crippen molar-refractivity contribution in [3.05, 3.63) is 35.9 Å². The fraction of sp³-hybridized carbons (Fsp3) is 0.562. The van der Waals surface area contributed by atoms with Crippen LogP contribution in [0.2, 0.25) is 0 Å². The highest BCUT2D eigenvalue weighted by Gasteiger charge is 2.23. The summed E-state index contributed by atoms with van der Waals surface area (Å²) in [7, 11) is 0. The maximum atomic E-state index is 11.8. The number of amides is 1. The van der Waals surface area contributed by atoms with Crippen LogP contribution >= 0.6 is 0 Å². The number of hydrogen-bond donors (Lipinski definition) is 2. The largest absolute Gasteiger partial charge is 0.445 e. The van der Waals surface area contributed by atoms with Crippen molar-refractivity contribution < 1.29 is 19.4 Å². The molecule has 0 saturated heterocycles. The molecule has 1 amide bonds. The van der Waals surface area contributed by atoms with Gasteiger partial charge in [0.2, 0.25) is 0 Å². The molecule has 0 aliphatic carbocycles. The molecule has 0 saturated carbocycles. The van der Waals surface area contributed by atoms with Crippen molar-refractivity contribution in [2.45, 2.75) is 45.4 Å². The number of ether oxygens (including phenoxy) is 2. The van der Waals surface area contributed by atoms with Gasteiger partial charge in [-0.3, -0.25) is 0 Å². The minimum atomic E-state index is -0.885. The number of hydrogen-bond acceptors (Lipinski definition) is 4. The molecule has 0 heterocycles. The van der Waals surface area contributed by atoms with E-state index in [2.05, 4.69) is 5.32 Å². The Labute approximate surface area is 126 Å². The van der Waals surface area contributed by atoms with Gasteiger partial charge in [-0.15, -0.1) is 0 Å². The van der Waals surface area contributed by atoms with Crippen molar-refractivity contribution in [3.63, 3.8) is 0 Å². The number of alkyl carbamates (subject to hydrolysis) is 1. The van der Waals surface area contributed by atoms with Crippen molar-refractivity contribution in [1.29, 1.82) is 0 Å². The standard InChI is InChI=1S/C16H25NO4/c1-15(2,11-20-12-16(3,4)19)17-14(18)21-10-13-8-6-5-7-9-13/h5-9,19H,10-12H2,1-4H3,(H,17,18). The number of nitrogens with one attached hydrogen (secondary N) is 1. The highest BCUT2D eigenvalue weighted by molar-refractivity contribution is 5.68. The maximum absolute atomic E-state index is 11.8. The van der Waals surface area contributed by atoms with E-state index in [0.717, 1.165) is 5.56 Å². The van der Waals surface area contributed by atoms with Gasteiger partial charge < -0.3 is 19.9 Å². The quantitative estimate of drug-likeness (QED) is 0.811. The molecule has 5 nitrogen and oxygen atoms in total. The van der Waals surface area contributed by atoms with Crippen LogP contribution in [-0.4, -0.2) is 35.6 Å². The SMILES string of the molecule is CC(C)(O)COCC(C)(C)NC(=O)OCc1ccccc1. The van der Waals surface area contributed by atoms with Crippen LogP contribution in [-0.2, 0) is 16.1 Å². The number of benzene rings is 1. The lowest BCUT2D eigenvalue weighted by Gasteiger charge is -2.27. The fourth-order valence-electron chi connectivity index (χ4n) is 1.63. The van der Waals surface area contributed by atoms with Gasteiger partial charge in [0.25, 0.3) is 0 Å². The van der Waals surface area contributed by atoms with E-state index in [1.54, 1.807) is 13.8 Å². The normalized spacial score (nSPS) is 12.0. The second-order valence-electron chi connectivity index (χ2n) is 6.38. The predicted octanol–water partition coefficient (Wildman–Crippen LogP) is 2.48. The van der Waals surface area contributed by atoms with E-state index in [1.807, 2.05) is 44.2 Å². The lowest BCUT2D eigenvalue weighted by molar-refractivity contribution is -0.0343. The molecule has 0 unspecified atom stereocenters. The summed E-state index contributed by atoms with van der Waals surface area (Å²) in [4.78, 5) is 11.8. The monoisotopic (exact) mass is 295 g/mol. The molecule has 1 aromatic carbocycles. The summed E-state index contributed by atoms with van der Waals surface area (Å²) in [6.45, 7) is 7.73. The van der Waals surface area contributed by atoms with Crippen LogP contribution < -0.4 is 5.32 Å². The second kappa shape index (κ2) is 7.43. The lowest BCUT2D eigenvalue weighted by atomic mass is 10.1. The molecule has 0 spiro atoms. The third-order valence-electron chi connectivity index (χ3n) is 2.57. The Morgan fingerprint density at radius 2 is 1.76 bits per heavy atom. The van der Waals surface area contributed by atoms with Crippen molar-refractivity contribution in [2.24, 2.45) is 0 Å². The summed E-state index contributed by atoms with van der Waals surface area (Å²) in [6.07, 6.45) is -0.490. The number of carbonyl (C=O) groups is 1. The first-order valence-electron chi connectivity index (χ1n) is 6.97. The summed E-state index contributed by atoms with van der Waals surface area (Å²) >= 11 is 0. The third-order valence-corrected chi connectivity index (χ3v) is 2.57. The third kappa shape index (κ3) is 8.32. The number of carbonyl (C=O) groups excluding carboxylic acids is 1. The smallest absolute Gasteiger partial charge is 0.407 e. The van der Waals surface area contributed by atoms with Gasteiger partial charge in [0.1, 0.15) is 6.61 Å². The van der Waals surface area contributed by atoms with Crippen molar-refractivity contribution >= 4 is 6.09 Å². The van der Waals surface area contributed by atoms with E-state index in [1.165, 1.54) is 0 Å². The Morgan fingerprint density at radius 3 is 2.33 bits per heavy atom. The van der Waals surface area contributed by atoms with Gasteiger partial charge in [0.15, 0.2) is 0 Å². The first-order chi connectivity index (χ1) is 9.68. The predicted molar refractivity (Wildman–Crippen MR) is 81.0 cm³/mol. The summed E-state index contributed by atoms with van der Waals surface area (Å²) in [6, 6.07) is 9.48. The average molecular weight is 295 g/mol. The molecule has 5 heteroatoms. The van der Waals surface area contributed by atoms with Gasteiger partial charge >= 0.3 is 6.09 Å². The van der Waals surface area contributed by atoms with Crippen LogP contribution in [0.25, 0.3) is 0 Å². The van der Waals surface area contributed by atoms with Crippen LogP contribution in [0.1, 0.15) is 33.3 Å². The second-order valence-corrected chi connectivity index (χ2v) is 6.38. The van der Waals surface area contributed by atoms with Gasteiger partial charge in [0.05, 0.1) is 24.4 Å². The minimum absolute atomic E-state index is 0.206. The van der Waals surface area contributed by atoms with E-state index < -0.39 is 17.2 Å². The summed E-state index contributed by atoms with van der Waals surface area (Å²) in [5, 5.41) is 12.3. The summed E-state index contributed by atoms with van der Waals surface area (Å²) < 4.78 is 10.6. The molecule has 0 atom stereocenters. The first kappa shape index (κ1) is 17.5. The van der Waals surface area contributed by atoms with Crippen LogP contribution in [0.5, 0.6) is 0 Å². The molecule has 0 fully saturated rings. The molecule has 2 N–H and O–H groups in total. The first-order valence-corrected chi connectivity index (χ1v) is 6.97. The number of aliphatic hydroxyl groups is 1. The van der Waals surface area contributed by atoms with E-state index >= 15 is 0 Å². The molecular formula is C16H25NO4. The molecule has 21 heavy (non-hydrogen) atoms. The van der Waals surface area contributed by atoms with E-state index in [9.17, 15) is 9.90 Å². The molecule has 1 rings (SSSR count).